The Balaban J connectivity index is 1.31. The number of carbonyl (C=O) groups is 2. The third-order valence-electron chi connectivity index (χ3n) is 5.89. The zero-order valence-electron chi connectivity index (χ0n) is 16.8. The first-order valence-corrected chi connectivity index (χ1v) is 11.0. The summed E-state index contributed by atoms with van der Waals surface area (Å²) in [6.45, 7) is 4.14. The molecule has 2 N–H and O–H groups in total. The molecule has 4 rings (SSSR count). The van der Waals surface area contributed by atoms with Gasteiger partial charge in [-0.1, -0.05) is 23.2 Å². The van der Waals surface area contributed by atoms with Gasteiger partial charge in [0, 0.05) is 42.5 Å². The van der Waals surface area contributed by atoms with Crippen LogP contribution in [-0.4, -0.2) is 40.9 Å². The van der Waals surface area contributed by atoms with Crippen LogP contribution in [0, 0.1) is 12.8 Å². The highest BCUT2D eigenvalue weighted by molar-refractivity contribution is 6.35. The predicted molar refractivity (Wildman–Crippen MR) is 117 cm³/mol. The van der Waals surface area contributed by atoms with Crippen LogP contribution >= 0.6 is 23.2 Å². The minimum atomic E-state index is -0.178. The molecule has 0 unspecified atom stereocenters. The van der Waals surface area contributed by atoms with Gasteiger partial charge in [0.05, 0.1) is 10.6 Å². The first-order valence-electron chi connectivity index (χ1n) is 10.3. The smallest absolute Gasteiger partial charge is 0.323 e. The van der Waals surface area contributed by atoms with Crippen molar-refractivity contribution in [2.24, 2.45) is 5.92 Å². The molecule has 1 aromatic heterocycles. The number of anilines is 1. The third-order valence-corrected chi connectivity index (χ3v) is 6.45. The topological polar surface area (TPSA) is 79.3 Å². The van der Waals surface area contributed by atoms with Crippen molar-refractivity contribution in [2.75, 3.05) is 18.0 Å². The van der Waals surface area contributed by atoms with Gasteiger partial charge >= 0.3 is 6.03 Å². The Morgan fingerprint density at radius 3 is 2.70 bits per heavy atom. The average Bonchev–Trinajstić information content (AvgIpc) is 3.30. The van der Waals surface area contributed by atoms with E-state index in [1.807, 2.05) is 17.7 Å². The lowest BCUT2D eigenvalue weighted by molar-refractivity contribution is 0.0920. The van der Waals surface area contributed by atoms with Crippen molar-refractivity contribution in [1.82, 2.24) is 20.4 Å². The summed E-state index contributed by atoms with van der Waals surface area (Å²) in [7, 11) is 0. The van der Waals surface area contributed by atoms with E-state index in [9.17, 15) is 9.59 Å². The first-order chi connectivity index (χ1) is 14.4. The molecule has 160 valence electrons. The highest BCUT2D eigenvalue weighted by atomic mass is 35.5. The lowest BCUT2D eigenvalue weighted by atomic mass is 9.86. The molecule has 1 aromatic carbocycles. The summed E-state index contributed by atoms with van der Waals surface area (Å²) in [5, 5.41) is 11.4. The van der Waals surface area contributed by atoms with Crippen molar-refractivity contribution >= 4 is 41.0 Å². The van der Waals surface area contributed by atoms with E-state index in [1.54, 1.807) is 23.1 Å². The summed E-state index contributed by atoms with van der Waals surface area (Å²) in [5.74, 6) is 1.02. The molecule has 2 heterocycles. The van der Waals surface area contributed by atoms with Gasteiger partial charge in [-0.3, -0.25) is 14.4 Å². The molecule has 1 saturated carbocycles. The van der Waals surface area contributed by atoms with Crippen LogP contribution in [0.4, 0.5) is 10.6 Å². The van der Waals surface area contributed by atoms with Gasteiger partial charge in [0.1, 0.15) is 0 Å². The number of benzene rings is 1. The van der Waals surface area contributed by atoms with Gasteiger partial charge in [-0.05, 0) is 56.7 Å². The molecule has 2 aliphatic rings. The van der Waals surface area contributed by atoms with Gasteiger partial charge in [0.25, 0.3) is 5.91 Å². The quantitative estimate of drug-likeness (QED) is 0.723. The van der Waals surface area contributed by atoms with E-state index in [0.29, 0.717) is 40.4 Å². The fourth-order valence-corrected chi connectivity index (χ4v) is 4.54. The Hall–Kier alpha value is -2.25. The number of aromatic nitrogens is 2. The number of halogens is 2. The molecule has 3 amide bonds. The van der Waals surface area contributed by atoms with Crippen LogP contribution in [0.15, 0.2) is 24.3 Å². The fraction of sp³-hybridized carbons (Fsp3) is 0.476. The maximum Gasteiger partial charge on any atom is 0.323 e. The Labute approximate surface area is 185 Å². The highest BCUT2D eigenvalue weighted by Gasteiger charge is 2.27. The van der Waals surface area contributed by atoms with Crippen LogP contribution in [0.1, 0.15) is 41.7 Å². The molecule has 7 nitrogen and oxygen atoms in total. The van der Waals surface area contributed by atoms with Gasteiger partial charge in [0.15, 0.2) is 5.82 Å². The number of aryl methyl sites for hydroxylation is 1. The van der Waals surface area contributed by atoms with Crippen LogP contribution in [-0.2, 0) is 6.54 Å². The van der Waals surface area contributed by atoms with Crippen LogP contribution < -0.4 is 15.5 Å². The minimum absolute atomic E-state index is 0.0873. The van der Waals surface area contributed by atoms with Gasteiger partial charge in [-0.25, -0.2) is 4.79 Å². The maximum absolute atomic E-state index is 12.6. The molecule has 1 aliphatic carbocycles. The molecule has 0 atom stereocenters. The summed E-state index contributed by atoms with van der Waals surface area (Å²) >= 11 is 12.1. The van der Waals surface area contributed by atoms with Crippen LogP contribution in [0.3, 0.4) is 0 Å². The molecular weight excluding hydrogens is 425 g/mol. The minimum Gasteiger partial charge on any atom is -0.349 e. The number of urea groups is 1. The molecule has 0 spiro atoms. The lowest BCUT2D eigenvalue weighted by Crippen LogP contribution is -2.38. The normalized spacial score (nSPS) is 21.6. The number of rotatable bonds is 5. The van der Waals surface area contributed by atoms with Gasteiger partial charge in [-0.15, -0.1) is 0 Å². The van der Waals surface area contributed by atoms with Gasteiger partial charge in [-0.2, -0.15) is 5.10 Å². The largest absolute Gasteiger partial charge is 0.349 e. The van der Waals surface area contributed by atoms with E-state index >= 15 is 0 Å². The van der Waals surface area contributed by atoms with Gasteiger partial charge in [0.2, 0.25) is 0 Å². The molecule has 30 heavy (non-hydrogen) atoms. The number of hydrogen-bond donors (Lipinski definition) is 2. The second-order valence-corrected chi connectivity index (χ2v) is 8.87. The summed E-state index contributed by atoms with van der Waals surface area (Å²) in [6, 6.07) is 6.92. The summed E-state index contributed by atoms with van der Waals surface area (Å²) < 4.78 is 2.00. The van der Waals surface area contributed by atoms with Crippen molar-refractivity contribution in [3.05, 3.63) is 45.6 Å². The maximum atomic E-state index is 12.6. The Morgan fingerprint density at radius 1 is 1.23 bits per heavy atom. The molecule has 9 heteroatoms. The zero-order valence-corrected chi connectivity index (χ0v) is 18.3. The molecule has 0 radical (unpaired) electrons. The van der Waals surface area contributed by atoms with Crippen molar-refractivity contribution in [3.63, 3.8) is 0 Å². The Kier molecular flexibility index (Phi) is 6.20. The highest BCUT2D eigenvalue weighted by Crippen LogP contribution is 2.28. The Bertz CT molecular complexity index is 953. The monoisotopic (exact) mass is 449 g/mol. The number of hydrogen-bond acceptors (Lipinski definition) is 3. The van der Waals surface area contributed by atoms with E-state index in [0.717, 1.165) is 37.9 Å². The zero-order chi connectivity index (χ0) is 21.3. The number of nitrogens with one attached hydrogen (secondary N) is 2. The predicted octanol–water partition coefficient (Wildman–Crippen LogP) is 4.02. The third kappa shape index (κ3) is 4.57. The van der Waals surface area contributed by atoms with Crippen LogP contribution in [0.2, 0.25) is 10.0 Å². The number of nitrogens with zero attached hydrogens (tertiary/aromatic N) is 3. The van der Waals surface area contributed by atoms with Crippen molar-refractivity contribution in [3.8, 4) is 0 Å². The summed E-state index contributed by atoms with van der Waals surface area (Å²) in [4.78, 5) is 26.1. The van der Waals surface area contributed by atoms with E-state index in [2.05, 4.69) is 15.7 Å². The van der Waals surface area contributed by atoms with Crippen LogP contribution in [0.5, 0.6) is 0 Å². The molecule has 2 fully saturated rings. The Morgan fingerprint density at radius 2 is 2.00 bits per heavy atom. The SMILES string of the molecule is Cc1cc(N2CCNC2=O)nn1C[C@H]1CC[C@H](NC(=O)c2cc(Cl)ccc2Cl)CC1. The lowest BCUT2D eigenvalue weighted by Gasteiger charge is -2.29. The second-order valence-electron chi connectivity index (χ2n) is 8.02. The molecule has 0 bridgehead atoms. The van der Waals surface area contributed by atoms with E-state index in [-0.39, 0.29) is 18.0 Å². The molecule has 1 aliphatic heterocycles. The van der Waals surface area contributed by atoms with Crippen LogP contribution in [0.25, 0.3) is 0 Å². The second kappa shape index (κ2) is 8.86. The van der Waals surface area contributed by atoms with E-state index < -0.39 is 0 Å². The number of carbonyl (C=O) groups excluding carboxylic acids is 2. The van der Waals surface area contributed by atoms with E-state index in [1.165, 1.54) is 0 Å². The van der Waals surface area contributed by atoms with E-state index in [4.69, 9.17) is 23.2 Å². The van der Waals surface area contributed by atoms with Gasteiger partial charge < -0.3 is 10.6 Å². The fourth-order valence-electron chi connectivity index (χ4n) is 4.17. The first kappa shape index (κ1) is 21.0. The summed E-state index contributed by atoms with van der Waals surface area (Å²) in [6.07, 6.45) is 3.84. The summed E-state index contributed by atoms with van der Waals surface area (Å²) in [5.41, 5.74) is 1.47. The molecule has 2 aromatic rings. The standard InChI is InChI=1S/C21H25Cl2N5O2/c1-13-10-19(27-9-8-24-21(27)30)26-28(13)12-14-2-5-16(6-3-14)25-20(29)17-11-15(22)4-7-18(17)23/h4,7,10-11,14,16H,2-3,5-6,8-9,12H2,1H3,(H,24,30)(H,25,29)/t14-,16-. The van der Waals surface area contributed by atoms with Crippen molar-refractivity contribution < 1.29 is 9.59 Å². The average molecular weight is 450 g/mol. The van der Waals surface area contributed by atoms with Crippen molar-refractivity contribution in [1.29, 1.82) is 0 Å². The number of amides is 3. The molecular formula is C21H25Cl2N5O2. The van der Waals surface area contributed by atoms with Crippen molar-refractivity contribution in [2.45, 2.75) is 45.2 Å². The molecule has 1 saturated heterocycles.